The number of methoxy groups -OCH3 is 1. The van der Waals surface area contributed by atoms with Gasteiger partial charge in [0.25, 0.3) is 5.91 Å². The molecule has 0 saturated carbocycles. The predicted molar refractivity (Wildman–Crippen MR) is 102 cm³/mol. The van der Waals surface area contributed by atoms with Gasteiger partial charge in [-0.15, -0.1) is 0 Å². The molecule has 1 aliphatic heterocycles. The molecule has 2 aromatic carbocycles. The molecule has 0 bridgehead atoms. The molecule has 0 spiro atoms. The second-order valence-electron chi connectivity index (χ2n) is 5.47. The van der Waals surface area contributed by atoms with Crippen LogP contribution in [0.2, 0.25) is 0 Å². The van der Waals surface area contributed by atoms with Gasteiger partial charge in [-0.3, -0.25) is 9.59 Å². The third-order valence-electron chi connectivity index (χ3n) is 3.92. The van der Waals surface area contributed by atoms with Crippen LogP contribution in [-0.4, -0.2) is 25.5 Å². The first kappa shape index (κ1) is 16.8. The fourth-order valence-electron chi connectivity index (χ4n) is 2.73. The number of anilines is 2. The number of hydrogen-bond donors (Lipinski definition) is 1. The quantitative estimate of drug-likeness (QED) is 0.745. The first-order valence-electron chi connectivity index (χ1n) is 7.64. The van der Waals surface area contributed by atoms with Crippen molar-refractivity contribution < 1.29 is 14.3 Å². The van der Waals surface area contributed by atoms with Crippen molar-refractivity contribution in [3.8, 4) is 5.75 Å². The van der Waals surface area contributed by atoms with Gasteiger partial charge in [-0.1, -0.05) is 12.1 Å². The number of benzene rings is 2. The predicted octanol–water partition coefficient (Wildman–Crippen LogP) is 3.68. The summed E-state index contributed by atoms with van der Waals surface area (Å²) < 4.78 is 6.25. The Kier molecular flexibility index (Phi) is 5.03. The molecular formula is C18H17IN2O3. The van der Waals surface area contributed by atoms with E-state index in [9.17, 15) is 9.59 Å². The maximum absolute atomic E-state index is 12.5. The maximum Gasteiger partial charge on any atom is 0.256 e. The number of carbonyl (C=O) groups is 2. The molecule has 24 heavy (non-hydrogen) atoms. The molecule has 124 valence electrons. The summed E-state index contributed by atoms with van der Waals surface area (Å²) >= 11 is 2.14. The van der Waals surface area contributed by atoms with E-state index >= 15 is 0 Å². The summed E-state index contributed by atoms with van der Waals surface area (Å²) in [7, 11) is 1.57. The van der Waals surface area contributed by atoms with Crippen molar-refractivity contribution >= 4 is 45.8 Å². The normalized spacial score (nSPS) is 13.9. The highest BCUT2D eigenvalue weighted by molar-refractivity contribution is 14.1. The van der Waals surface area contributed by atoms with Gasteiger partial charge in [-0.25, -0.2) is 0 Å². The van der Waals surface area contributed by atoms with Gasteiger partial charge in [0.2, 0.25) is 5.91 Å². The SMILES string of the molecule is COc1ccc(NC(=O)c2ccccc2I)cc1N1CCCC1=O. The van der Waals surface area contributed by atoms with Crippen LogP contribution in [0.1, 0.15) is 23.2 Å². The summed E-state index contributed by atoms with van der Waals surface area (Å²) in [5.74, 6) is 0.524. The van der Waals surface area contributed by atoms with E-state index in [0.717, 1.165) is 9.99 Å². The fraction of sp³-hybridized carbons (Fsp3) is 0.222. The first-order valence-corrected chi connectivity index (χ1v) is 8.72. The van der Waals surface area contributed by atoms with E-state index in [1.807, 2.05) is 18.2 Å². The smallest absolute Gasteiger partial charge is 0.256 e. The molecule has 1 aliphatic rings. The van der Waals surface area contributed by atoms with Crippen LogP contribution >= 0.6 is 22.6 Å². The zero-order valence-corrected chi connectivity index (χ0v) is 15.4. The zero-order valence-electron chi connectivity index (χ0n) is 13.2. The van der Waals surface area contributed by atoms with Crippen LogP contribution in [0, 0.1) is 3.57 Å². The van der Waals surface area contributed by atoms with E-state index in [-0.39, 0.29) is 11.8 Å². The molecule has 1 fully saturated rings. The van der Waals surface area contributed by atoms with Crippen LogP contribution in [0.5, 0.6) is 5.75 Å². The molecule has 0 atom stereocenters. The van der Waals surface area contributed by atoms with Gasteiger partial charge in [-0.05, 0) is 59.3 Å². The van der Waals surface area contributed by atoms with Crippen LogP contribution in [0.3, 0.4) is 0 Å². The molecule has 5 nitrogen and oxygen atoms in total. The summed E-state index contributed by atoms with van der Waals surface area (Å²) in [6, 6.07) is 12.7. The Hall–Kier alpha value is -2.09. The minimum Gasteiger partial charge on any atom is -0.495 e. The zero-order chi connectivity index (χ0) is 17.1. The van der Waals surface area contributed by atoms with Crippen LogP contribution in [0.4, 0.5) is 11.4 Å². The maximum atomic E-state index is 12.5. The lowest BCUT2D eigenvalue weighted by atomic mass is 10.2. The lowest BCUT2D eigenvalue weighted by molar-refractivity contribution is -0.117. The molecule has 3 rings (SSSR count). The fourth-order valence-corrected chi connectivity index (χ4v) is 3.36. The van der Waals surface area contributed by atoms with Crippen molar-refractivity contribution in [1.29, 1.82) is 0 Å². The van der Waals surface area contributed by atoms with E-state index < -0.39 is 0 Å². The van der Waals surface area contributed by atoms with Crippen LogP contribution in [-0.2, 0) is 4.79 Å². The molecule has 2 amide bonds. The Morgan fingerprint density at radius 1 is 1.25 bits per heavy atom. The Balaban J connectivity index is 1.88. The number of rotatable bonds is 4. The second kappa shape index (κ2) is 7.21. The Bertz CT molecular complexity index is 792. The van der Waals surface area contributed by atoms with Crippen LogP contribution in [0.25, 0.3) is 0 Å². The van der Waals surface area contributed by atoms with E-state index in [1.54, 1.807) is 36.3 Å². The van der Waals surface area contributed by atoms with E-state index in [0.29, 0.717) is 35.7 Å². The van der Waals surface area contributed by atoms with E-state index in [1.165, 1.54) is 0 Å². The molecule has 6 heteroatoms. The van der Waals surface area contributed by atoms with Gasteiger partial charge in [0.1, 0.15) is 5.75 Å². The average molecular weight is 436 g/mol. The van der Waals surface area contributed by atoms with Gasteiger partial charge in [0.05, 0.1) is 18.4 Å². The first-order chi connectivity index (χ1) is 11.6. The molecule has 1 heterocycles. The van der Waals surface area contributed by atoms with Gasteiger partial charge in [0.15, 0.2) is 0 Å². The standard InChI is InChI=1S/C18H17IN2O3/c1-24-16-9-8-12(11-15(16)21-10-4-7-17(21)22)20-18(23)13-5-2-3-6-14(13)19/h2-3,5-6,8-9,11H,4,7,10H2,1H3,(H,20,23). The number of hydrogen-bond acceptors (Lipinski definition) is 3. The molecule has 0 aromatic heterocycles. The summed E-state index contributed by atoms with van der Waals surface area (Å²) in [6.07, 6.45) is 1.38. The number of nitrogens with one attached hydrogen (secondary N) is 1. The van der Waals surface area contributed by atoms with Gasteiger partial charge in [-0.2, -0.15) is 0 Å². The monoisotopic (exact) mass is 436 g/mol. The van der Waals surface area contributed by atoms with Gasteiger partial charge >= 0.3 is 0 Å². The van der Waals surface area contributed by atoms with Gasteiger partial charge < -0.3 is 15.0 Å². The Morgan fingerprint density at radius 2 is 2.04 bits per heavy atom. The van der Waals surface area contributed by atoms with Crippen molar-refractivity contribution in [3.05, 3.63) is 51.6 Å². The Morgan fingerprint density at radius 3 is 2.71 bits per heavy atom. The largest absolute Gasteiger partial charge is 0.495 e. The van der Waals surface area contributed by atoms with Gasteiger partial charge in [0, 0.05) is 22.2 Å². The molecule has 0 aliphatic carbocycles. The minimum absolute atomic E-state index is 0.0781. The Labute approximate surface area is 154 Å². The van der Waals surface area contributed by atoms with E-state index in [4.69, 9.17) is 4.74 Å². The number of nitrogens with zero attached hydrogens (tertiary/aromatic N) is 1. The third-order valence-corrected chi connectivity index (χ3v) is 4.86. The second-order valence-corrected chi connectivity index (χ2v) is 6.63. The van der Waals surface area contributed by atoms with Crippen molar-refractivity contribution in [2.45, 2.75) is 12.8 Å². The topological polar surface area (TPSA) is 58.6 Å². The van der Waals surface area contributed by atoms with Crippen molar-refractivity contribution in [1.82, 2.24) is 0 Å². The summed E-state index contributed by atoms with van der Waals surface area (Å²) in [4.78, 5) is 26.2. The third kappa shape index (κ3) is 3.38. The lowest BCUT2D eigenvalue weighted by Crippen LogP contribution is -2.24. The summed E-state index contributed by atoms with van der Waals surface area (Å²) in [5.41, 5.74) is 1.95. The van der Waals surface area contributed by atoms with Crippen LogP contribution in [0.15, 0.2) is 42.5 Å². The van der Waals surface area contributed by atoms with Crippen molar-refractivity contribution in [2.75, 3.05) is 23.9 Å². The summed E-state index contributed by atoms with van der Waals surface area (Å²) in [6.45, 7) is 0.670. The highest BCUT2D eigenvalue weighted by Gasteiger charge is 2.25. The molecule has 2 aromatic rings. The molecular weight excluding hydrogens is 419 g/mol. The highest BCUT2D eigenvalue weighted by Crippen LogP contribution is 2.34. The molecule has 1 N–H and O–H groups in total. The van der Waals surface area contributed by atoms with Crippen LogP contribution < -0.4 is 15.0 Å². The highest BCUT2D eigenvalue weighted by atomic mass is 127. The molecule has 0 unspecified atom stereocenters. The molecule has 1 saturated heterocycles. The number of amides is 2. The number of ether oxygens (including phenoxy) is 1. The van der Waals surface area contributed by atoms with Crippen molar-refractivity contribution in [3.63, 3.8) is 0 Å². The number of carbonyl (C=O) groups excluding carboxylic acids is 2. The van der Waals surface area contributed by atoms with Crippen molar-refractivity contribution in [2.24, 2.45) is 0 Å². The number of halogens is 1. The average Bonchev–Trinajstić information content (AvgIpc) is 3.01. The lowest BCUT2D eigenvalue weighted by Gasteiger charge is -2.20. The minimum atomic E-state index is -0.177. The molecule has 0 radical (unpaired) electrons. The summed E-state index contributed by atoms with van der Waals surface area (Å²) in [5, 5.41) is 2.89. The van der Waals surface area contributed by atoms with E-state index in [2.05, 4.69) is 27.9 Å².